The molecule has 0 saturated carbocycles. The molecule has 0 aromatic rings. The molecule has 0 radical (unpaired) electrons. The summed E-state index contributed by atoms with van der Waals surface area (Å²) in [5, 5.41) is 24.2. The molecule has 3 N–H and O–H groups in total. The standard InChI is InChI=1S/C6H10O3.2C4H10O.Zr/c1-2-3-5(7)4-6(8)9;2*1-2-3-4-5;/h2-4H2,1H3,(H,8,9);2*5H,2-4H2,1H3;. The van der Waals surface area contributed by atoms with Crippen LogP contribution in [-0.2, 0) is 35.8 Å². The van der Waals surface area contributed by atoms with Crippen LogP contribution in [0.15, 0.2) is 0 Å². The summed E-state index contributed by atoms with van der Waals surface area (Å²) in [5.41, 5.74) is 0. The quantitative estimate of drug-likeness (QED) is 0.571. The van der Waals surface area contributed by atoms with Gasteiger partial charge in [-0.15, -0.1) is 0 Å². The SMILES string of the molecule is CCCC(=O)CC(=O)O.CCCCO.CCCCO.[Zr]. The van der Waals surface area contributed by atoms with Crippen LogP contribution in [0.2, 0.25) is 0 Å². The van der Waals surface area contributed by atoms with Crippen molar-refractivity contribution in [3.63, 3.8) is 0 Å². The zero-order valence-corrected chi connectivity index (χ0v) is 15.5. The summed E-state index contributed by atoms with van der Waals surface area (Å²) in [6.07, 6.45) is 4.86. The van der Waals surface area contributed by atoms with Gasteiger partial charge in [-0.3, -0.25) is 9.59 Å². The van der Waals surface area contributed by atoms with Crippen LogP contribution in [0.5, 0.6) is 0 Å². The molecule has 0 saturated heterocycles. The number of Topliss-reactive ketones (excluding diaryl/α,β-unsaturated/α-hetero) is 1. The number of hydrogen-bond acceptors (Lipinski definition) is 4. The van der Waals surface area contributed by atoms with Gasteiger partial charge in [-0.1, -0.05) is 33.6 Å². The Labute approximate surface area is 141 Å². The summed E-state index contributed by atoms with van der Waals surface area (Å²) < 4.78 is 0. The van der Waals surface area contributed by atoms with Crippen molar-refractivity contribution in [3.8, 4) is 0 Å². The summed E-state index contributed by atoms with van der Waals surface area (Å²) in [6.45, 7) is 6.64. The van der Waals surface area contributed by atoms with Gasteiger partial charge in [0.15, 0.2) is 0 Å². The number of carbonyl (C=O) groups excluding carboxylic acids is 1. The van der Waals surface area contributed by atoms with Crippen LogP contribution in [0.25, 0.3) is 0 Å². The molecule has 5 nitrogen and oxygen atoms in total. The fourth-order valence-corrected chi connectivity index (χ4v) is 0.852. The van der Waals surface area contributed by atoms with Gasteiger partial charge < -0.3 is 15.3 Å². The molecule has 0 aromatic heterocycles. The maximum absolute atomic E-state index is 10.5. The summed E-state index contributed by atoms with van der Waals surface area (Å²) in [7, 11) is 0. The Balaban J connectivity index is -0.000000101. The van der Waals surface area contributed by atoms with Crippen molar-refractivity contribution in [1.82, 2.24) is 0 Å². The number of carbonyl (C=O) groups is 2. The first kappa shape index (κ1) is 28.2. The normalized spacial score (nSPS) is 8.25. The minimum absolute atomic E-state index is 0. The van der Waals surface area contributed by atoms with E-state index in [-0.39, 0.29) is 38.4 Å². The first-order valence-electron chi connectivity index (χ1n) is 6.95. The van der Waals surface area contributed by atoms with Gasteiger partial charge in [0.2, 0.25) is 0 Å². The fraction of sp³-hybridized carbons (Fsp3) is 0.857. The molecule has 0 atom stereocenters. The number of rotatable bonds is 8. The van der Waals surface area contributed by atoms with Crippen LogP contribution in [0.3, 0.4) is 0 Å². The van der Waals surface area contributed by atoms with Gasteiger partial charge in [0.05, 0.1) is 0 Å². The average molecular weight is 370 g/mol. The molecule has 0 aliphatic rings. The van der Waals surface area contributed by atoms with Crippen molar-refractivity contribution < 1.29 is 51.1 Å². The number of carboxylic acids is 1. The van der Waals surface area contributed by atoms with Crippen molar-refractivity contribution in [3.05, 3.63) is 0 Å². The van der Waals surface area contributed by atoms with Crippen LogP contribution in [0, 0.1) is 0 Å². The minimum atomic E-state index is -1.03. The predicted molar refractivity (Wildman–Crippen MR) is 76.2 cm³/mol. The molecule has 0 amide bonds. The van der Waals surface area contributed by atoms with Crippen molar-refractivity contribution >= 4 is 11.8 Å². The monoisotopic (exact) mass is 368 g/mol. The number of hydrogen-bond donors (Lipinski definition) is 3. The van der Waals surface area contributed by atoms with Gasteiger partial charge in [-0.25, -0.2) is 0 Å². The Hall–Kier alpha value is -0.0569. The summed E-state index contributed by atoms with van der Waals surface area (Å²) in [4.78, 5) is 20.3. The van der Waals surface area contributed by atoms with Gasteiger partial charge in [-0.05, 0) is 19.3 Å². The molecule has 0 rings (SSSR count). The predicted octanol–water partition coefficient (Wildman–Crippen LogP) is 2.39. The molecule has 0 heterocycles. The molecule has 0 unspecified atom stereocenters. The number of aliphatic carboxylic acids is 1. The Morgan fingerprint density at radius 1 is 0.850 bits per heavy atom. The van der Waals surface area contributed by atoms with E-state index in [1.54, 1.807) is 0 Å². The Bertz CT molecular complexity index is 188. The number of ketones is 1. The Morgan fingerprint density at radius 3 is 1.40 bits per heavy atom. The van der Waals surface area contributed by atoms with Gasteiger partial charge in [0.1, 0.15) is 12.2 Å². The van der Waals surface area contributed by atoms with Crippen molar-refractivity contribution in [1.29, 1.82) is 0 Å². The number of unbranched alkanes of at least 4 members (excludes halogenated alkanes) is 2. The van der Waals surface area contributed by atoms with Crippen molar-refractivity contribution in [2.75, 3.05) is 13.2 Å². The smallest absolute Gasteiger partial charge is 0.310 e. The van der Waals surface area contributed by atoms with E-state index in [4.69, 9.17) is 15.3 Å². The Morgan fingerprint density at radius 2 is 1.25 bits per heavy atom. The largest absolute Gasteiger partial charge is 0.481 e. The zero-order valence-electron chi connectivity index (χ0n) is 13.0. The third-order valence-corrected chi connectivity index (χ3v) is 1.90. The molecule has 20 heavy (non-hydrogen) atoms. The third-order valence-electron chi connectivity index (χ3n) is 1.90. The van der Waals surface area contributed by atoms with Gasteiger partial charge in [0, 0.05) is 45.8 Å². The second kappa shape index (κ2) is 27.3. The Kier molecular flexibility index (Phi) is 38.4. The second-order valence-electron chi connectivity index (χ2n) is 4.01. The minimum Gasteiger partial charge on any atom is -0.481 e. The van der Waals surface area contributed by atoms with Gasteiger partial charge >= 0.3 is 5.97 Å². The van der Waals surface area contributed by atoms with Crippen molar-refractivity contribution in [2.45, 2.75) is 65.7 Å². The first-order chi connectivity index (χ1) is 8.99. The average Bonchev–Trinajstić information content (AvgIpc) is 2.32. The van der Waals surface area contributed by atoms with Crippen LogP contribution in [0.4, 0.5) is 0 Å². The van der Waals surface area contributed by atoms with Crippen LogP contribution in [0.1, 0.15) is 65.7 Å². The molecular weight excluding hydrogens is 339 g/mol. The molecule has 120 valence electrons. The van der Waals surface area contributed by atoms with E-state index in [0.717, 1.165) is 32.1 Å². The molecule has 0 spiro atoms. The topological polar surface area (TPSA) is 94.8 Å². The van der Waals surface area contributed by atoms with E-state index < -0.39 is 5.97 Å². The van der Waals surface area contributed by atoms with Crippen molar-refractivity contribution in [2.24, 2.45) is 0 Å². The molecular formula is C14H30O5Zr. The molecule has 0 aliphatic heterocycles. The van der Waals surface area contributed by atoms with E-state index in [0.29, 0.717) is 19.6 Å². The fourth-order valence-electron chi connectivity index (χ4n) is 0.852. The summed E-state index contributed by atoms with van der Waals surface area (Å²) >= 11 is 0. The van der Waals surface area contributed by atoms with E-state index in [2.05, 4.69) is 13.8 Å². The zero-order chi connectivity index (χ0) is 15.5. The van der Waals surface area contributed by atoms with Crippen LogP contribution < -0.4 is 0 Å². The maximum atomic E-state index is 10.5. The summed E-state index contributed by atoms with van der Waals surface area (Å²) in [5.74, 6) is -1.22. The number of carboxylic acid groups (broad SMARTS) is 1. The second-order valence-corrected chi connectivity index (χ2v) is 4.01. The number of aliphatic hydroxyl groups excluding tert-OH is 2. The molecule has 0 aromatic carbocycles. The number of aliphatic hydroxyl groups is 2. The third kappa shape index (κ3) is 43.0. The van der Waals surface area contributed by atoms with E-state index >= 15 is 0 Å². The van der Waals surface area contributed by atoms with Gasteiger partial charge in [0.25, 0.3) is 0 Å². The van der Waals surface area contributed by atoms with E-state index in [1.165, 1.54) is 0 Å². The maximum Gasteiger partial charge on any atom is 0.310 e. The molecule has 0 aliphatic carbocycles. The summed E-state index contributed by atoms with van der Waals surface area (Å²) in [6, 6.07) is 0. The van der Waals surface area contributed by atoms with Gasteiger partial charge in [-0.2, -0.15) is 0 Å². The van der Waals surface area contributed by atoms with Crippen LogP contribution in [-0.4, -0.2) is 40.3 Å². The molecule has 6 heteroatoms. The molecule has 0 fully saturated rings. The van der Waals surface area contributed by atoms with E-state index in [9.17, 15) is 9.59 Å². The molecule has 0 bridgehead atoms. The van der Waals surface area contributed by atoms with Crippen LogP contribution >= 0.6 is 0 Å². The first-order valence-corrected chi connectivity index (χ1v) is 6.95. The van der Waals surface area contributed by atoms with E-state index in [1.807, 2.05) is 6.92 Å².